The van der Waals surface area contributed by atoms with Crippen LogP contribution < -0.4 is 5.32 Å². The number of fused-ring (bicyclic) bond motifs is 1. The Morgan fingerprint density at radius 3 is 2.80 bits per heavy atom. The number of rotatable bonds is 5. The molecule has 0 bridgehead atoms. The molecule has 0 unspecified atom stereocenters. The van der Waals surface area contributed by atoms with E-state index >= 15 is 4.39 Å². The van der Waals surface area contributed by atoms with Gasteiger partial charge in [0.25, 0.3) is 5.91 Å². The smallest absolute Gasteiger partial charge is 0.338 e. The first-order chi connectivity index (χ1) is 13.9. The first-order valence-corrected chi connectivity index (χ1v) is 10.3. The number of piperidine rings is 1. The van der Waals surface area contributed by atoms with Crippen molar-refractivity contribution in [2.75, 3.05) is 25.0 Å². The second-order valence-corrected chi connectivity index (χ2v) is 8.33. The van der Waals surface area contributed by atoms with Crippen LogP contribution >= 0.6 is 23.9 Å². The molecular weight excluding hydrogens is 433 g/mol. The summed E-state index contributed by atoms with van der Waals surface area (Å²) in [4.78, 5) is 25.9. The Bertz CT molecular complexity index is 932. The molecule has 1 aromatic heterocycles. The minimum atomic E-state index is -1.92. The molecule has 2 N–H and O–H groups in total. The summed E-state index contributed by atoms with van der Waals surface area (Å²) in [5, 5.41) is 13.8. The monoisotopic (exact) mass is 455 g/mol. The SMILES string of the molecule is Cc1c([C@@H](O)CN2CCC(F)(C(=O)Nc3ccns3)CC2)ccc2c1COC2=O.Cl. The average molecular weight is 456 g/mol. The molecule has 1 amide bonds. The molecule has 0 spiro atoms. The summed E-state index contributed by atoms with van der Waals surface area (Å²) in [6, 6.07) is 5.06. The van der Waals surface area contributed by atoms with Crippen LogP contribution in [0.1, 0.15) is 46.0 Å². The van der Waals surface area contributed by atoms with Gasteiger partial charge in [-0.15, -0.1) is 12.4 Å². The maximum atomic E-state index is 15.1. The highest BCUT2D eigenvalue weighted by atomic mass is 35.5. The Morgan fingerprint density at radius 1 is 1.40 bits per heavy atom. The molecule has 10 heteroatoms. The molecule has 0 aliphatic carbocycles. The third kappa shape index (κ3) is 4.34. The van der Waals surface area contributed by atoms with E-state index in [9.17, 15) is 14.7 Å². The van der Waals surface area contributed by atoms with Crippen LogP contribution in [0.5, 0.6) is 0 Å². The molecule has 2 aliphatic heterocycles. The highest BCUT2D eigenvalue weighted by molar-refractivity contribution is 7.10. The molecule has 30 heavy (non-hydrogen) atoms. The number of nitrogens with zero attached hydrogens (tertiary/aromatic N) is 2. The molecule has 0 saturated carbocycles. The van der Waals surface area contributed by atoms with Gasteiger partial charge in [-0.1, -0.05) is 6.07 Å². The van der Waals surface area contributed by atoms with Gasteiger partial charge in [0.05, 0.1) is 11.7 Å². The van der Waals surface area contributed by atoms with E-state index < -0.39 is 17.7 Å². The van der Waals surface area contributed by atoms with Crippen LogP contribution in [0.25, 0.3) is 0 Å². The zero-order valence-electron chi connectivity index (χ0n) is 16.4. The van der Waals surface area contributed by atoms with Crippen molar-refractivity contribution in [3.63, 3.8) is 0 Å². The van der Waals surface area contributed by atoms with Crippen molar-refractivity contribution in [3.05, 3.63) is 46.6 Å². The summed E-state index contributed by atoms with van der Waals surface area (Å²) in [5.41, 5.74) is 1.02. The number of aliphatic hydroxyl groups is 1. The molecule has 7 nitrogen and oxygen atoms in total. The van der Waals surface area contributed by atoms with Crippen LogP contribution in [-0.4, -0.2) is 51.6 Å². The lowest BCUT2D eigenvalue weighted by Gasteiger charge is -2.36. The van der Waals surface area contributed by atoms with Gasteiger partial charge in [0.1, 0.15) is 11.6 Å². The zero-order valence-corrected chi connectivity index (χ0v) is 18.0. The third-order valence-electron chi connectivity index (χ3n) is 5.73. The van der Waals surface area contributed by atoms with E-state index in [2.05, 4.69) is 9.69 Å². The van der Waals surface area contributed by atoms with E-state index in [0.29, 0.717) is 30.2 Å². The molecule has 4 rings (SSSR count). The largest absolute Gasteiger partial charge is 0.457 e. The number of cyclic esters (lactones) is 1. The summed E-state index contributed by atoms with van der Waals surface area (Å²) in [6.45, 7) is 3.17. The van der Waals surface area contributed by atoms with Gasteiger partial charge < -0.3 is 20.1 Å². The van der Waals surface area contributed by atoms with E-state index in [0.717, 1.165) is 28.2 Å². The van der Waals surface area contributed by atoms with Crippen molar-refractivity contribution >= 4 is 40.8 Å². The van der Waals surface area contributed by atoms with E-state index in [1.165, 1.54) is 0 Å². The number of hydrogen-bond acceptors (Lipinski definition) is 7. The second-order valence-electron chi connectivity index (χ2n) is 7.49. The molecule has 1 saturated heterocycles. The fraction of sp³-hybridized carbons (Fsp3) is 0.450. The second kappa shape index (κ2) is 8.97. The predicted octanol–water partition coefficient (Wildman–Crippen LogP) is 3.02. The first-order valence-electron chi connectivity index (χ1n) is 9.48. The number of anilines is 1. The van der Waals surface area contributed by atoms with E-state index in [1.54, 1.807) is 24.4 Å². The number of aliphatic hydroxyl groups excluding tert-OH is 1. The summed E-state index contributed by atoms with van der Waals surface area (Å²) in [5.74, 6) is -0.975. The number of esters is 1. The van der Waals surface area contributed by atoms with Gasteiger partial charge in [-0.05, 0) is 41.7 Å². The summed E-state index contributed by atoms with van der Waals surface area (Å²) in [6.07, 6.45) is 0.915. The number of carbonyl (C=O) groups is 2. The van der Waals surface area contributed by atoms with Crippen molar-refractivity contribution in [3.8, 4) is 0 Å². The van der Waals surface area contributed by atoms with Gasteiger partial charge in [0.2, 0.25) is 0 Å². The predicted molar refractivity (Wildman–Crippen MR) is 113 cm³/mol. The quantitative estimate of drug-likeness (QED) is 0.673. The fourth-order valence-electron chi connectivity index (χ4n) is 3.89. The minimum Gasteiger partial charge on any atom is -0.457 e. The van der Waals surface area contributed by atoms with Crippen LogP contribution in [0.2, 0.25) is 0 Å². The molecule has 1 aromatic carbocycles. The van der Waals surface area contributed by atoms with Crippen molar-refractivity contribution in [1.82, 2.24) is 9.27 Å². The topological polar surface area (TPSA) is 91.8 Å². The highest BCUT2D eigenvalue weighted by Crippen LogP contribution is 2.32. The molecule has 162 valence electrons. The van der Waals surface area contributed by atoms with E-state index in [4.69, 9.17) is 4.74 Å². The number of likely N-dealkylation sites (tertiary alicyclic amines) is 1. The molecule has 1 atom stereocenters. The third-order valence-corrected chi connectivity index (χ3v) is 6.39. The molecule has 3 heterocycles. The Morgan fingerprint density at radius 2 is 2.13 bits per heavy atom. The Kier molecular flexibility index (Phi) is 6.76. The molecule has 0 radical (unpaired) electrons. The maximum absolute atomic E-state index is 15.1. The van der Waals surface area contributed by atoms with Crippen molar-refractivity contribution in [1.29, 1.82) is 0 Å². The lowest BCUT2D eigenvalue weighted by atomic mass is 9.91. The van der Waals surface area contributed by atoms with E-state index in [1.807, 2.05) is 11.8 Å². The van der Waals surface area contributed by atoms with Crippen molar-refractivity contribution in [2.45, 2.75) is 38.1 Å². The first kappa shape index (κ1) is 22.6. The number of alkyl halides is 1. The number of benzene rings is 1. The Labute approximate surface area is 183 Å². The molecule has 1 fully saturated rings. The normalized spacial score (nSPS) is 18.8. The van der Waals surface area contributed by atoms with Crippen molar-refractivity contribution < 1.29 is 23.8 Å². The van der Waals surface area contributed by atoms with Gasteiger partial charge in [0, 0.05) is 44.2 Å². The Hall–Kier alpha value is -2.07. The Balaban J connectivity index is 0.00000256. The number of amides is 1. The summed E-state index contributed by atoms with van der Waals surface area (Å²) in [7, 11) is 0. The van der Waals surface area contributed by atoms with Gasteiger partial charge >= 0.3 is 5.97 Å². The standard InChI is InChI=1S/C20H22FN3O4S.ClH/c1-12-13(2-3-14-15(12)11-28-18(14)26)16(25)10-24-8-5-20(21,6-9-24)19(27)23-17-4-7-22-29-17;/h2-4,7,16,25H,5-6,8-11H2,1H3,(H,23,27);1H/t16-;/m0./s1. The summed E-state index contributed by atoms with van der Waals surface area (Å²) < 4.78 is 24.0. The number of halogens is 2. The molecule has 2 aliphatic rings. The van der Waals surface area contributed by atoms with E-state index in [-0.39, 0.29) is 37.8 Å². The lowest BCUT2D eigenvalue weighted by molar-refractivity contribution is -0.130. The van der Waals surface area contributed by atoms with Crippen LogP contribution in [0, 0.1) is 6.92 Å². The van der Waals surface area contributed by atoms with Crippen LogP contribution in [0.15, 0.2) is 24.4 Å². The average Bonchev–Trinajstić information content (AvgIpc) is 3.34. The van der Waals surface area contributed by atoms with Crippen LogP contribution in [0.4, 0.5) is 9.39 Å². The van der Waals surface area contributed by atoms with Gasteiger partial charge in [-0.2, -0.15) is 4.37 Å². The lowest BCUT2D eigenvalue weighted by Crippen LogP contribution is -2.49. The number of nitrogens with one attached hydrogen (secondary N) is 1. The van der Waals surface area contributed by atoms with Crippen LogP contribution in [-0.2, 0) is 16.1 Å². The van der Waals surface area contributed by atoms with Gasteiger partial charge in [-0.3, -0.25) is 4.79 Å². The number of ether oxygens (including phenoxy) is 1. The molecular formula is C20H23ClFN3O4S. The van der Waals surface area contributed by atoms with Gasteiger partial charge in [-0.25, -0.2) is 9.18 Å². The van der Waals surface area contributed by atoms with Crippen molar-refractivity contribution in [2.24, 2.45) is 0 Å². The molecule has 2 aromatic rings. The minimum absolute atomic E-state index is 0. The zero-order chi connectivity index (χ0) is 20.6. The fourth-order valence-corrected chi connectivity index (χ4v) is 4.39. The van der Waals surface area contributed by atoms with Gasteiger partial charge in [0.15, 0.2) is 5.67 Å². The summed E-state index contributed by atoms with van der Waals surface area (Å²) >= 11 is 1.11. The van der Waals surface area contributed by atoms with Crippen LogP contribution in [0.3, 0.4) is 0 Å². The maximum Gasteiger partial charge on any atom is 0.338 e. The number of β-amino-alcohol motifs (C(OH)–C–C–N with tert-alkyl or cyclic N) is 1. The number of hydrogen-bond donors (Lipinski definition) is 2. The number of carbonyl (C=O) groups excluding carboxylic acids is 2. The number of aromatic nitrogens is 1. The highest BCUT2D eigenvalue weighted by Gasteiger charge is 2.42.